The van der Waals surface area contributed by atoms with Crippen LogP contribution < -0.4 is 0 Å². The van der Waals surface area contributed by atoms with Gasteiger partial charge in [0.25, 0.3) is 0 Å². The highest BCUT2D eigenvalue weighted by Crippen LogP contribution is 2.36. The summed E-state index contributed by atoms with van der Waals surface area (Å²) in [5, 5.41) is 0. The molecule has 0 rings (SSSR count). The Labute approximate surface area is 66.1 Å². The van der Waals surface area contributed by atoms with Crippen LogP contribution in [0.2, 0.25) is 0 Å². The third-order valence-electron chi connectivity index (χ3n) is 0.766. The number of allylic oxidation sites excluding steroid dienone is 1. The normalized spacial score (nSPS) is 13.9. The van der Waals surface area contributed by atoms with Gasteiger partial charge in [-0.25, -0.2) is 4.57 Å². The maximum Gasteiger partial charge on any atom is 0.524 e. The molecule has 0 saturated heterocycles. The summed E-state index contributed by atoms with van der Waals surface area (Å²) in [4.78, 5) is 16.5. The van der Waals surface area contributed by atoms with Crippen LogP contribution in [0.3, 0.4) is 0 Å². The molecule has 0 unspecified atom stereocenters. The van der Waals surface area contributed by atoms with Crippen LogP contribution in [0.4, 0.5) is 0 Å². The highest BCUT2D eigenvalue weighted by molar-refractivity contribution is 7.46. The van der Waals surface area contributed by atoms with E-state index < -0.39 is 7.82 Å². The second kappa shape index (κ2) is 3.39. The Balaban J connectivity index is 3.90. The van der Waals surface area contributed by atoms with Crippen molar-refractivity contribution >= 4 is 7.82 Å². The lowest BCUT2D eigenvalue weighted by atomic mass is 9.98. The van der Waals surface area contributed by atoms with Gasteiger partial charge in [-0.15, -0.1) is 0 Å². The Morgan fingerprint density at radius 2 is 1.82 bits per heavy atom. The zero-order valence-corrected chi connectivity index (χ0v) is 7.71. The van der Waals surface area contributed by atoms with Gasteiger partial charge in [0.1, 0.15) is 0 Å². The van der Waals surface area contributed by atoms with E-state index in [0.717, 1.165) is 6.26 Å². The van der Waals surface area contributed by atoms with Gasteiger partial charge in [-0.05, 0) is 11.5 Å². The molecule has 0 amide bonds. The average Bonchev–Trinajstić information content (AvgIpc) is 1.55. The van der Waals surface area contributed by atoms with E-state index in [1.807, 2.05) is 20.8 Å². The van der Waals surface area contributed by atoms with Gasteiger partial charge in [0.15, 0.2) is 0 Å². The van der Waals surface area contributed by atoms with E-state index in [1.54, 1.807) is 6.08 Å². The van der Waals surface area contributed by atoms with E-state index in [0.29, 0.717) is 0 Å². The second-order valence-corrected chi connectivity index (χ2v) is 4.46. The third kappa shape index (κ3) is 9.69. The summed E-state index contributed by atoms with van der Waals surface area (Å²) in [6, 6.07) is 0. The molecule has 0 radical (unpaired) electrons. The summed E-state index contributed by atoms with van der Waals surface area (Å²) >= 11 is 0. The fourth-order valence-corrected chi connectivity index (χ4v) is 0.533. The smallest absolute Gasteiger partial charge is 0.413 e. The minimum absolute atomic E-state index is 0.130. The van der Waals surface area contributed by atoms with Crippen molar-refractivity contribution in [1.82, 2.24) is 0 Å². The molecule has 0 aromatic heterocycles. The lowest BCUT2D eigenvalue weighted by Crippen LogP contribution is -1.98. The number of phosphoric acid groups is 1. The molecular weight excluding hydrogens is 167 g/mol. The van der Waals surface area contributed by atoms with Gasteiger partial charge in [-0.1, -0.05) is 20.8 Å². The fourth-order valence-electron chi connectivity index (χ4n) is 0.314. The van der Waals surface area contributed by atoms with Crippen LogP contribution in [0.15, 0.2) is 12.3 Å². The molecule has 0 aliphatic rings. The van der Waals surface area contributed by atoms with Gasteiger partial charge < -0.3 is 4.52 Å². The van der Waals surface area contributed by atoms with Crippen LogP contribution in [0.5, 0.6) is 0 Å². The van der Waals surface area contributed by atoms with Crippen molar-refractivity contribution in [3.8, 4) is 0 Å². The molecule has 0 bridgehead atoms. The topological polar surface area (TPSA) is 66.8 Å². The highest BCUT2D eigenvalue weighted by Gasteiger charge is 2.12. The van der Waals surface area contributed by atoms with E-state index in [-0.39, 0.29) is 5.41 Å². The summed E-state index contributed by atoms with van der Waals surface area (Å²) in [6.45, 7) is 5.69. The minimum Gasteiger partial charge on any atom is -0.413 e. The van der Waals surface area contributed by atoms with Crippen molar-refractivity contribution in [3.63, 3.8) is 0 Å². The van der Waals surface area contributed by atoms with Gasteiger partial charge in [-0.2, -0.15) is 0 Å². The first-order valence-corrected chi connectivity index (χ1v) is 4.65. The minimum atomic E-state index is -4.34. The fraction of sp³-hybridized carbons (Fsp3) is 0.667. The number of hydrogen-bond donors (Lipinski definition) is 2. The van der Waals surface area contributed by atoms with Crippen LogP contribution in [-0.2, 0) is 9.09 Å². The Hall–Kier alpha value is -0.310. The molecule has 0 aliphatic heterocycles. The van der Waals surface area contributed by atoms with Gasteiger partial charge in [-0.3, -0.25) is 9.79 Å². The summed E-state index contributed by atoms with van der Waals surface area (Å²) < 4.78 is 14.2. The predicted octanol–water partition coefficient (Wildman–Crippen LogP) is 1.66. The number of hydrogen-bond acceptors (Lipinski definition) is 2. The molecule has 4 nitrogen and oxygen atoms in total. The van der Waals surface area contributed by atoms with Crippen LogP contribution in [0.25, 0.3) is 0 Å². The standard InChI is InChI=1S/C6H13O4P/c1-6(2,3)4-5-10-11(7,8)9/h4-5H,1-3H3,(H2,7,8,9)/b5-4+. The van der Waals surface area contributed by atoms with Crippen molar-refractivity contribution in [1.29, 1.82) is 0 Å². The number of phosphoric ester groups is 1. The van der Waals surface area contributed by atoms with E-state index >= 15 is 0 Å². The summed E-state index contributed by atoms with van der Waals surface area (Å²) in [6.07, 6.45) is 2.60. The molecule has 0 aromatic carbocycles. The first-order valence-electron chi connectivity index (χ1n) is 3.12. The van der Waals surface area contributed by atoms with Crippen LogP contribution in [0, 0.1) is 5.41 Å². The Morgan fingerprint density at radius 3 is 2.09 bits per heavy atom. The molecule has 0 atom stereocenters. The predicted molar refractivity (Wildman–Crippen MR) is 41.7 cm³/mol. The Kier molecular flexibility index (Phi) is 3.30. The summed E-state index contributed by atoms with van der Waals surface area (Å²) in [7, 11) is -4.34. The highest BCUT2D eigenvalue weighted by atomic mass is 31.2. The van der Waals surface area contributed by atoms with Crippen molar-refractivity contribution < 1.29 is 18.9 Å². The summed E-state index contributed by atoms with van der Waals surface area (Å²) in [5.74, 6) is 0. The maximum absolute atomic E-state index is 10.1. The average molecular weight is 180 g/mol. The molecule has 11 heavy (non-hydrogen) atoms. The molecule has 0 aliphatic carbocycles. The van der Waals surface area contributed by atoms with E-state index in [4.69, 9.17) is 9.79 Å². The van der Waals surface area contributed by atoms with Gasteiger partial charge >= 0.3 is 7.82 Å². The van der Waals surface area contributed by atoms with Gasteiger partial charge in [0, 0.05) is 0 Å². The molecular formula is C6H13O4P. The quantitative estimate of drug-likeness (QED) is 0.501. The largest absolute Gasteiger partial charge is 0.524 e. The summed E-state index contributed by atoms with van der Waals surface area (Å²) in [5.41, 5.74) is -0.130. The van der Waals surface area contributed by atoms with E-state index in [2.05, 4.69) is 4.52 Å². The SMILES string of the molecule is CC(C)(C)/C=C/OP(=O)(O)O. The molecule has 0 heterocycles. The van der Waals surface area contributed by atoms with Gasteiger partial charge in [0.05, 0.1) is 6.26 Å². The molecule has 0 spiro atoms. The number of rotatable bonds is 2. The lowest BCUT2D eigenvalue weighted by molar-refractivity contribution is 0.256. The van der Waals surface area contributed by atoms with Crippen molar-refractivity contribution in [2.75, 3.05) is 0 Å². The Morgan fingerprint density at radius 1 is 1.36 bits per heavy atom. The third-order valence-corrected chi connectivity index (χ3v) is 1.16. The molecule has 5 heteroatoms. The zero-order valence-electron chi connectivity index (χ0n) is 6.81. The molecule has 0 aromatic rings. The maximum atomic E-state index is 10.1. The zero-order chi connectivity index (χ0) is 9.12. The molecule has 66 valence electrons. The van der Waals surface area contributed by atoms with Crippen LogP contribution in [-0.4, -0.2) is 9.79 Å². The first kappa shape index (κ1) is 10.7. The van der Waals surface area contributed by atoms with Crippen molar-refractivity contribution in [3.05, 3.63) is 12.3 Å². The second-order valence-electron chi connectivity index (χ2n) is 3.26. The lowest BCUT2D eigenvalue weighted by Gasteiger charge is -2.10. The van der Waals surface area contributed by atoms with E-state index in [1.165, 1.54) is 0 Å². The molecule has 0 saturated carbocycles. The van der Waals surface area contributed by atoms with Crippen LogP contribution >= 0.6 is 7.82 Å². The van der Waals surface area contributed by atoms with Crippen molar-refractivity contribution in [2.45, 2.75) is 20.8 Å². The monoisotopic (exact) mass is 180 g/mol. The molecule has 2 N–H and O–H groups in total. The van der Waals surface area contributed by atoms with Crippen molar-refractivity contribution in [2.24, 2.45) is 5.41 Å². The first-order chi connectivity index (χ1) is 4.71. The van der Waals surface area contributed by atoms with E-state index in [9.17, 15) is 4.57 Å². The van der Waals surface area contributed by atoms with Crippen LogP contribution in [0.1, 0.15) is 20.8 Å². The van der Waals surface area contributed by atoms with Gasteiger partial charge in [0.2, 0.25) is 0 Å². The Bertz CT molecular complexity index is 185. The molecule has 0 fully saturated rings.